The van der Waals surface area contributed by atoms with Crippen LogP contribution in [0.3, 0.4) is 0 Å². The fraction of sp³-hybridized carbons (Fsp3) is 0.786. The van der Waals surface area contributed by atoms with Crippen LogP contribution < -0.4 is 5.32 Å². The molecule has 5 nitrogen and oxygen atoms in total. The van der Waals surface area contributed by atoms with E-state index < -0.39 is 0 Å². The van der Waals surface area contributed by atoms with Crippen LogP contribution >= 0.6 is 0 Å². The Morgan fingerprint density at radius 1 is 1.58 bits per heavy atom. The van der Waals surface area contributed by atoms with Crippen molar-refractivity contribution in [2.45, 2.75) is 32.7 Å². The SMILES string of the molecule is CCOCCCNc1nccn1CC1CCCOC1. The summed E-state index contributed by atoms with van der Waals surface area (Å²) in [6, 6.07) is 0. The molecule has 0 bridgehead atoms. The van der Waals surface area contributed by atoms with Crippen molar-refractivity contribution in [3.05, 3.63) is 12.4 Å². The Morgan fingerprint density at radius 3 is 3.32 bits per heavy atom. The smallest absolute Gasteiger partial charge is 0.202 e. The molecule has 1 aliphatic rings. The lowest BCUT2D eigenvalue weighted by atomic mass is 10.0. The number of anilines is 1. The molecule has 1 atom stereocenters. The third-order valence-electron chi connectivity index (χ3n) is 3.38. The average Bonchev–Trinajstić information content (AvgIpc) is 2.87. The molecule has 0 saturated carbocycles. The Hall–Kier alpha value is -1.07. The monoisotopic (exact) mass is 267 g/mol. The third kappa shape index (κ3) is 4.84. The van der Waals surface area contributed by atoms with Crippen LogP contribution in [-0.4, -0.2) is 42.5 Å². The number of imidazole rings is 1. The first kappa shape index (κ1) is 14.3. The van der Waals surface area contributed by atoms with Crippen LogP contribution in [0.2, 0.25) is 0 Å². The van der Waals surface area contributed by atoms with Gasteiger partial charge in [0, 0.05) is 51.2 Å². The van der Waals surface area contributed by atoms with Gasteiger partial charge in [-0.05, 0) is 26.2 Å². The zero-order chi connectivity index (χ0) is 13.3. The molecule has 1 aliphatic heterocycles. The number of aromatic nitrogens is 2. The van der Waals surface area contributed by atoms with E-state index in [-0.39, 0.29) is 0 Å². The van der Waals surface area contributed by atoms with Crippen LogP contribution in [-0.2, 0) is 16.0 Å². The molecule has 0 spiro atoms. The number of nitrogens with zero attached hydrogens (tertiary/aromatic N) is 2. The molecule has 1 saturated heterocycles. The summed E-state index contributed by atoms with van der Waals surface area (Å²) in [4.78, 5) is 4.37. The van der Waals surface area contributed by atoms with Crippen LogP contribution in [0.1, 0.15) is 26.2 Å². The first-order chi connectivity index (χ1) is 9.40. The highest BCUT2D eigenvalue weighted by Gasteiger charge is 2.15. The van der Waals surface area contributed by atoms with Crippen molar-refractivity contribution in [3.63, 3.8) is 0 Å². The summed E-state index contributed by atoms with van der Waals surface area (Å²) >= 11 is 0. The maximum Gasteiger partial charge on any atom is 0.202 e. The fourth-order valence-electron chi connectivity index (χ4n) is 2.37. The second kappa shape index (κ2) is 8.17. The highest BCUT2D eigenvalue weighted by atomic mass is 16.5. The predicted octanol–water partition coefficient (Wildman–Crippen LogP) is 2.15. The van der Waals surface area contributed by atoms with E-state index in [1.807, 2.05) is 19.3 Å². The van der Waals surface area contributed by atoms with Gasteiger partial charge < -0.3 is 19.4 Å². The van der Waals surface area contributed by atoms with Gasteiger partial charge in [-0.3, -0.25) is 0 Å². The zero-order valence-corrected chi connectivity index (χ0v) is 11.8. The van der Waals surface area contributed by atoms with Gasteiger partial charge in [0.25, 0.3) is 0 Å². The van der Waals surface area contributed by atoms with Crippen molar-refractivity contribution in [1.29, 1.82) is 0 Å². The van der Waals surface area contributed by atoms with Gasteiger partial charge >= 0.3 is 0 Å². The van der Waals surface area contributed by atoms with Crippen molar-refractivity contribution >= 4 is 5.95 Å². The van der Waals surface area contributed by atoms with Gasteiger partial charge in [-0.25, -0.2) is 4.98 Å². The summed E-state index contributed by atoms with van der Waals surface area (Å²) in [5.74, 6) is 1.58. The van der Waals surface area contributed by atoms with Gasteiger partial charge in [0.15, 0.2) is 0 Å². The lowest BCUT2D eigenvalue weighted by Crippen LogP contribution is -2.22. The minimum atomic E-state index is 0.618. The van der Waals surface area contributed by atoms with E-state index in [0.29, 0.717) is 5.92 Å². The van der Waals surface area contributed by atoms with Crippen LogP contribution in [0.25, 0.3) is 0 Å². The maximum absolute atomic E-state index is 5.53. The fourth-order valence-corrected chi connectivity index (χ4v) is 2.37. The van der Waals surface area contributed by atoms with E-state index in [1.54, 1.807) is 0 Å². The van der Waals surface area contributed by atoms with Crippen LogP contribution in [0.15, 0.2) is 12.4 Å². The molecule has 19 heavy (non-hydrogen) atoms. The average molecular weight is 267 g/mol. The molecule has 1 fully saturated rings. The van der Waals surface area contributed by atoms with Gasteiger partial charge in [-0.15, -0.1) is 0 Å². The van der Waals surface area contributed by atoms with E-state index >= 15 is 0 Å². The molecule has 2 rings (SSSR count). The minimum Gasteiger partial charge on any atom is -0.382 e. The molecule has 1 aromatic rings. The van der Waals surface area contributed by atoms with Gasteiger partial charge in [0.2, 0.25) is 5.95 Å². The first-order valence-corrected chi connectivity index (χ1v) is 7.30. The van der Waals surface area contributed by atoms with Gasteiger partial charge in [-0.1, -0.05) is 0 Å². The van der Waals surface area contributed by atoms with E-state index in [9.17, 15) is 0 Å². The summed E-state index contributed by atoms with van der Waals surface area (Å²) < 4.78 is 13.0. The molecular weight excluding hydrogens is 242 g/mol. The lowest BCUT2D eigenvalue weighted by molar-refractivity contribution is 0.0486. The largest absolute Gasteiger partial charge is 0.382 e. The molecule has 1 N–H and O–H groups in total. The molecular formula is C14H25N3O2. The standard InChI is InChI=1S/C14H25N3O2/c1-2-18-10-4-6-15-14-16-7-8-17(14)11-13-5-3-9-19-12-13/h7-8,13H,2-6,9-12H2,1H3,(H,15,16). The number of rotatable bonds is 8. The molecule has 0 aromatic carbocycles. The van der Waals surface area contributed by atoms with Crippen LogP contribution in [0.5, 0.6) is 0 Å². The Morgan fingerprint density at radius 2 is 2.53 bits per heavy atom. The van der Waals surface area contributed by atoms with Crippen LogP contribution in [0.4, 0.5) is 5.95 Å². The quantitative estimate of drug-likeness (QED) is 0.733. The van der Waals surface area contributed by atoms with Crippen molar-refractivity contribution in [3.8, 4) is 0 Å². The number of ether oxygens (including phenoxy) is 2. The van der Waals surface area contributed by atoms with E-state index in [4.69, 9.17) is 9.47 Å². The topological polar surface area (TPSA) is 48.3 Å². The normalized spacial score (nSPS) is 19.5. The number of nitrogens with one attached hydrogen (secondary N) is 1. The molecule has 0 radical (unpaired) electrons. The van der Waals surface area contributed by atoms with Gasteiger partial charge in [0.05, 0.1) is 6.61 Å². The minimum absolute atomic E-state index is 0.618. The molecule has 108 valence electrons. The van der Waals surface area contributed by atoms with E-state index in [0.717, 1.165) is 51.9 Å². The van der Waals surface area contributed by atoms with E-state index in [1.165, 1.54) is 12.8 Å². The van der Waals surface area contributed by atoms with Crippen molar-refractivity contribution in [2.75, 3.05) is 38.3 Å². The first-order valence-electron chi connectivity index (χ1n) is 7.30. The molecule has 0 aliphatic carbocycles. The molecule has 0 amide bonds. The van der Waals surface area contributed by atoms with Crippen LogP contribution in [0, 0.1) is 5.92 Å². The maximum atomic E-state index is 5.53. The van der Waals surface area contributed by atoms with Gasteiger partial charge in [-0.2, -0.15) is 0 Å². The second-order valence-corrected chi connectivity index (χ2v) is 4.96. The second-order valence-electron chi connectivity index (χ2n) is 4.96. The van der Waals surface area contributed by atoms with E-state index in [2.05, 4.69) is 14.9 Å². The zero-order valence-electron chi connectivity index (χ0n) is 11.8. The molecule has 1 aromatic heterocycles. The number of hydrogen-bond donors (Lipinski definition) is 1. The number of hydrogen-bond acceptors (Lipinski definition) is 4. The Kier molecular flexibility index (Phi) is 6.17. The predicted molar refractivity (Wildman–Crippen MR) is 75.4 cm³/mol. The van der Waals surface area contributed by atoms with Crippen molar-refractivity contribution in [1.82, 2.24) is 9.55 Å². The highest BCUT2D eigenvalue weighted by Crippen LogP contribution is 2.17. The summed E-state index contributed by atoms with van der Waals surface area (Å²) in [6.07, 6.45) is 7.33. The summed E-state index contributed by atoms with van der Waals surface area (Å²) in [5, 5.41) is 3.37. The summed E-state index contributed by atoms with van der Waals surface area (Å²) in [6.45, 7) is 7.31. The van der Waals surface area contributed by atoms with Crippen molar-refractivity contribution < 1.29 is 9.47 Å². The third-order valence-corrected chi connectivity index (χ3v) is 3.38. The molecule has 5 heteroatoms. The Labute approximate surface area is 115 Å². The lowest BCUT2D eigenvalue weighted by Gasteiger charge is -2.23. The van der Waals surface area contributed by atoms with Gasteiger partial charge in [0.1, 0.15) is 0 Å². The summed E-state index contributed by atoms with van der Waals surface area (Å²) in [5.41, 5.74) is 0. The summed E-state index contributed by atoms with van der Waals surface area (Å²) in [7, 11) is 0. The Balaban J connectivity index is 1.73. The molecule has 1 unspecified atom stereocenters. The Bertz CT molecular complexity index is 348. The molecule has 2 heterocycles. The van der Waals surface area contributed by atoms with Crippen molar-refractivity contribution in [2.24, 2.45) is 5.92 Å². The highest BCUT2D eigenvalue weighted by molar-refractivity contribution is 5.25.